The monoisotopic (exact) mass is 359 g/mol. The van der Waals surface area contributed by atoms with Gasteiger partial charge in [0.25, 0.3) is 0 Å². The quantitative estimate of drug-likeness (QED) is 0.410. The average molecular weight is 359 g/mol. The number of halogens is 1. The second-order valence-corrected chi connectivity index (χ2v) is 5.66. The summed E-state index contributed by atoms with van der Waals surface area (Å²) in [6.45, 7) is 4.90. The van der Waals surface area contributed by atoms with E-state index in [-0.39, 0.29) is 5.82 Å². The maximum Gasteiger partial charge on any atom is 0.191 e. The van der Waals surface area contributed by atoms with E-state index in [1.807, 2.05) is 37.3 Å². The summed E-state index contributed by atoms with van der Waals surface area (Å²) in [7, 11) is 1.65. The van der Waals surface area contributed by atoms with Gasteiger partial charge in [-0.1, -0.05) is 24.3 Å². The third kappa shape index (κ3) is 7.11. The highest BCUT2D eigenvalue weighted by Crippen LogP contribution is 2.12. The summed E-state index contributed by atoms with van der Waals surface area (Å²) in [6.07, 6.45) is 0. The van der Waals surface area contributed by atoms with Gasteiger partial charge in [-0.3, -0.25) is 0 Å². The van der Waals surface area contributed by atoms with Crippen LogP contribution >= 0.6 is 0 Å². The highest BCUT2D eigenvalue weighted by molar-refractivity contribution is 5.79. The molecule has 0 radical (unpaired) electrons. The van der Waals surface area contributed by atoms with Gasteiger partial charge in [0.15, 0.2) is 5.96 Å². The molecule has 6 heteroatoms. The predicted molar refractivity (Wildman–Crippen MR) is 102 cm³/mol. The fourth-order valence-electron chi connectivity index (χ4n) is 2.28. The minimum absolute atomic E-state index is 0.247. The van der Waals surface area contributed by atoms with Crippen molar-refractivity contribution in [1.29, 1.82) is 0 Å². The van der Waals surface area contributed by atoms with Crippen LogP contribution in [0.1, 0.15) is 18.1 Å². The van der Waals surface area contributed by atoms with E-state index in [0.29, 0.717) is 32.3 Å². The highest BCUT2D eigenvalue weighted by Gasteiger charge is 2.01. The number of nitrogens with zero attached hydrogens (tertiary/aromatic N) is 1. The van der Waals surface area contributed by atoms with Crippen LogP contribution in [0.2, 0.25) is 0 Å². The van der Waals surface area contributed by atoms with E-state index >= 15 is 0 Å². The van der Waals surface area contributed by atoms with Gasteiger partial charge in [0.1, 0.15) is 18.2 Å². The van der Waals surface area contributed by atoms with Gasteiger partial charge >= 0.3 is 0 Å². The van der Waals surface area contributed by atoms with Gasteiger partial charge in [-0.15, -0.1) is 0 Å². The zero-order chi connectivity index (χ0) is 18.6. The number of aliphatic imine (C=N–C) groups is 1. The SMILES string of the molecule is CCNC(=NCc1cccc(F)c1)NCc1ccc(OCCOC)cc1. The van der Waals surface area contributed by atoms with Gasteiger partial charge in [0.05, 0.1) is 13.2 Å². The Bertz CT molecular complexity index is 690. The van der Waals surface area contributed by atoms with Crippen molar-refractivity contribution in [3.8, 4) is 5.75 Å². The number of ether oxygens (including phenoxy) is 2. The van der Waals surface area contributed by atoms with Crippen molar-refractivity contribution in [3.63, 3.8) is 0 Å². The first kappa shape index (κ1) is 19.7. The molecule has 2 aromatic rings. The van der Waals surface area contributed by atoms with Crippen molar-refractivity contribution in [3.05, 3.63) is 65.5 Å². The number of hydrogen-bond donors (Lipinski definition) is 2. The zero-order valence-corrected chi connectivity index (χ0v) is 15.3. The van der Waals surface area contributed by atoms with Gasteiger partial charge in [-0.2, -0.15) is 0 Å². The minimum Gasteiger partial charge on any atom is -0.491 e. The number of guanidine groups is 1. The first-order chi connectivity index (χ1) is 12.7. The Kier molecular flexibility index (Phi) is 8.42. The smallest absolute Gasteiger partial charge is 0.191 e. The molecule has 0 aliphatic rings. The number of rotatable bonds is 9. The molecule has 140 valence electrons. The van der Waals surface area contributed by atoms with E-state index < -0.39 is 0 Å². The Labute approximate surface area is 154 Å². The average Bonchev–Trinajstić information content (AvgIpc) is 2.65. The molecule has 0 unspecified atom stereocenters. The van der Waals surface area contributed by atoms with Gasteiger partial charge in [-0.05, 0) is 42.3 Å². The van der Waals surface area contributed by atoms with Gasteiger partial charge < -0.3 is 20.1 Å². The normalized spacial score (nSPS) is 11.3. The van der Waals surface area contributed by atoms with Crippen LogP contribution < -0.4 is 15.4 Å². The van der Waals surface area contributed by atoms with Gasteiger partial charge in [0, 0.05) is 20.2 Å². The van der Waals surface area contributed by atoms with Gasteiger partial charge in [0.2, 0.25) is 0 Å². The molecule has 2 rings (SSSR count). The Morgan fingerprint density at radius 2 is 1.85 bits per heavy atom. The molecule has 0 spiro atoms. The largest absolute Gasteiger partial charge is 0.491 e. The van der Waals surface area contributed by atoms with Crippen LogP contribution in [0.25, 0.3) is 0 Å². The maximum atomic E-state index is 13.2. The van der Waals surface area contributed by atoms with E-state index in [1.54, 1.807) is 13.2 Å². The molecule has 0 bridgehead atoms. The van der Waals surface area contributed by atoms with Gasteiger partial charge in [-0.25, -0.2) is 9.38 Å². The Morgan fingerprint density at radius 3 is 2.54 bits per heavy atom. The van der Waals surface area contributed by atoms with Crippen molar-refractivity contribution < 1.29 is 13.9 Å². The molecule has 0 saturated carbocycles. The van der Waals surface area contributed by atoms with Crippen LogP contribution in [0.3, 0.4) is 0 Å². The highest BCUT2D eigenvalue weighted by atomic mass is 19.1. The molecule has 0 saturated heterocycles. The number of benzene rings is 2. The fourth-order valence-corrected chi connectivity index (χ4v) is 2.28. The van der Waals surface area contributed by atoms with Crippen molar-refractivity contribution in [1.82, 2.24) is 10.6 Å². The second-order valence-electron chi connectivity index (χ2n) is 5.66. The van der Waals surface area contributed by atoms with E-state index in [2.05, 4.69) is 15.6 Å². The van der Waals surface area contributed by atoms with Crippen molar-refractivity contribution in [2.75, 3.05) is 26.9 Å². The van der Waals surface area contributed by atoms with Crippen LogP contribution in [-0.4, -0.2) is 32.8 Å². The van der Waals surface area contributed by atoms with E-state index in [4.69, 9.17) is 9.47 Å². The second kappa shape index (κ2) is 11.1. The summed E-state index contributed by atoms with van der Waals surface area (Å²) >= 11 is 0. The molecule has 26 heavy (non-hydrogen) atoms. The summed E-state index contributed by atoms with van der Waals surface area (Å²) in [5, 5.41) is 6.47. The molecule has 2 aromatic carbocycles. The van der Waals surface area contributed by atoms with Crippen LogP contribution in [0.4, 0.5) is 4.39 Å². The van der Waals surface area contributed by atoms with E-state index in [9.17, 15) is 4.39 Å². The molecule has 0 heterocycles. The summed E-state index contributed by atoms with van der Waals surface area (Å²) in [5.74, 6) is 1.26. The molecule has 2 N–H and O–H groups in total. The molecule has 0 aliphatic carbocycles. The summed E-state index contributed by atoms with van der Waals surface area (Å²) < 4.78 is 23.8. The zero-order valence-electron chi connectivity index (χ0n) is 15.3. The van der Waals surface area contributed by atoms with Crippen LogP contribution in [0.5, 0.6) is 5.75 Å². The summed E-state index contributed by atoms with van der Waals surface area (Å²) in [4.78, 5) is 4.50. The summed E-state index contributed by atoms with van der Waals surface area (Å²) in [5.41, 5.74) is 1.94. The number of nitrogens with one attached hydrogen (secondary N) is 2. The van der Waals surface area contributed by atoms with Crippen molar-refractivity contribution in [2.45, 2.75) is 20.0 Å². The molecular formula is C20H26FN3O2. The lowest BCUT2D eigenvalue weighted by molar-refractivity contribution is 0.146. The molecule has 0 amide bonds. The first-order valence-electron chi connectivity index (χ1n) is 8.68. The van der Waals surface area contributed by atoms with Crippen LogP contribution in [-0.2, 0) is 17.8 Å². The lowest BCUT2D eigenvalue weighted by Gasteiger charge is -2.12. The Morgan fingerprint density at radius 1 is 1.04 bits per heavy atom. The first-order valence-corrected chi connectivity index (χ1v) is 8.68. The fraction of sp³-hybridized carbons (Fsp3) is 0.350. The van der Waals surface area contributed by atoms with E-state index in [1.165, 1.54) is 12.1 Å². The van der Waals surface area contributed by atoms with Crippen LogP contribution in [0, 0.1) is 5.82 Å². The molecular weight excluding hydrogens is 333 g/mol. The lowest BCUT2D eigenvalue weighted by atomic mass is 10.2. The van der Waals surface area contributed by atoms with Crippen LogP contribution in [0.15, 0.2) is 53.5 Å². The molecule has 0 aliphatic heterocycles. The Hall–Kier alpha value is -2.60. The lowest BCUT2D eigenvalue weighted by Crippen LogP contribution is -2.36. The van der Waals surface area contributed by atoms with E-state index in [0.717, 1.165) is 23.4 Å². The number of methoxy groups -OCH3 is 1. The van der Waals surface area contributed by atoms with Crippen molar-refractivity contribution in [2.24, 2.45) is 4.99 Å². The maximum absolute atomic E-state index is 13.2. The third-order valence-corrected chi connectivity index (χ3v) is 3.59. The molecule has 0 fully saturated rings. The standard InChI is InChI=1S/C20H26FN3O2/c1-3-22-20(24-15-17-5-4-6-18(21)13-17)23-14-16-7-9-19(10-8-16)26-12-11-25-2/h4-10,13H,3,11-12,14-15H2,1-2H3,(H2,22,23,24). The Balaban J connectivity index is 1.88. The number of hydrogen-bond acceptors (Lipinski definition) is 3. The summed E-state index contributed by atoms with van der Waals surface area (Å²) in [6, 6.07) is 14.4. The predicted octanol–water partition coefficient (Wildman–Crippen LogP) is 3.11. The molecule has 0 aromatic heterocycles. The third-order valence-electron chi connectivity index (χ3n) is 3.59. The van der Waals surface area contributed by atoms with Crippen molar-refractivity contribution >= 4 is 5.96 Å². The molecule has 5 nitrogen and oxygen atoms in total. The topological polar surface area (TPSA) is 54.9 Å². The molecule has 0 atom stereocenters. The minimum atomic E-state index is -0.247.